The van der Waals surface area contributed by atoms with Crippen LogP contribution in [0.2, 0.25) is 5.02 Å². The van der Waals surface area contributed by atoms with Crippen molar-refractivity contribution in [2.45, 2.75) is 43.8 Å². The van der Waals surface area contributed by atoms with E-state index in [1.165, 1.54) is 24.3 Å². The topological polar surface area (TPSA) is 92.5 Å². The summed E-state index contributed by atoms with van der Waals surface area (Å²) in [5, 5.41) is 3.02. The fourth-order valence-corrected chi connectivity index (χ4v) is 5.03. The van der Waals surface area contributed by atoms with Crippen LogP contribution in [0.3, 0.4) is 0 Å². The lowest BCUT2D eigenvalue weighted by molar-refractivity contribution is 0.0950. The van der Waals surface area contributed by atoms with Gasteiger partial charge in [-0.15, -0.1) is 0 Å². The molecule has 3 N–H and O–H groups in total. The smallest absolute Gasteiger partial charge is 0.251 e. The minimum atomic E-state index is -3.47. The Balaban J connectivity index is 1.69. The highest BCUT2D eigenvalue weighted by Gasteiger charge is 2.20. The molecule has 0 bridgehead atoms. The maximum absolute atomic E-state index is 14.6. The van der Waals surface area contributed by atoms with Crippen LogP contribution in [0.25, 0.3) is 0 Å². The van der Waals surface area contributed by atoms with Crippen molar-refractivity contribution in [3.8, 4) is 0 Å². The zero-order valence-corrected chi connectivity index (χ0v) is 19.0. The highest BCUT2D eigenvalue weighted by atomic mass is 35.5. The molecule has 168 valence electrons. The van der Waals surface area contributed by atoms with Crippen LogP contribution < -0.4 is 11.1 Å². The molecular formula is C22H27ClFN3O3S. The molecule has 0 aromatic heterocycles. The Morgan fingerprint density at radius 3 is 2.71 bits per heavy atom. The van der Waals surface area contributed by atoms with Gasteiger partial charge in [0, 0.05) is 41.8 Å². The van der Waals surface area contributed by atoms with E-state index in [2.05, 4.69) is 10.2 Å². The molecule has 0 spiro atoms. The third-order valence-corrected chi connectivity index (χ3v) is 7.49. The van der Waals surface area contributed by atoms with Gasteiger partial charge >= 0.3 is 0 Å². The lowest BCUT2D eigenvalue weighted by Gasteiger charge is -2.30. The Labute approximate surface area is 187 Å². The van der Waals surface area contributed by atoms with Gasteiger partial charge in [0.25, 0.3) is 5.91 Å². The zero-order valence-electron chi connectivity index (χ0n) is 17.4. The summed E-state index contributed by atoms with van der Waals surface area (Å²) < 4.78 is 39.2. The minimum Gasteiger partial charge on any atom is -0.348 e. The number of sulfone groups is 1. The quantitative estimate of drug-likeness (QED) is 0.652. The van der Waals surface area contributed by atoms with Crippen molar-refractivity contribution >= 4 is 27.3 Å². The molecule has 1 heterocycles. The number of likely N-dealkylation sites (tertiary alicyclic amines) is 1. The molecular weight excluding hydrogens is 441 g/mol. The number of nitrogens with one attached hydrogen (secondary N) is 1. The number of nitrogens with two attached hydrogens (primary N) is 1. The summed E-state index contributed by atoms with van der Waals surface area (Å²) >= 11 is 6.00. The molecule has 0 aliphatic carbocycles. The molecule has 1 fully saturated rings. The van der Waals surface area contributed by atoms with Crippen molar-refractivity contribution in [2.24, 2.45) is 5.73 Å². The van der Waals surface area contributed by atoms with Crippen LogP contribution >= 0.6 is 11.6 Å². The van der Waals surface area contributed by atoms with Gasteiger partial charge in [-0.25, -0.2) is 12.8 Å². The van der Waals surface area contributed by atoms with Crippen molar-refractivity contribution < 1.29 is 17.6 Å². The highest BCUT2D eigenvalue weighted by Crippen LogP contribution is 2.22. The molecule has 0 saturated carbocycles. The molecule has 3 rings (SSSR count). The fourth-order valence-electron chi connectivity index (χ4n) is 3.72. The molecule has 9 heteroatoms. The highest BCUT2D eigenvalue weighted by molar-refractivity contribution is 7.91. The van der Waals surface area contributed by atoms with Crippen LogP contribution in [0.5, 0.6) is 0 Å². The summed E-state index contributed by atoms with van der Waals surface area (Å²) in [5.41, 5.74) is 7.05. The van der Waals surface area contributed by atoms with E-state index in [1.54, 1.807) is 19.1 Å². The van der Waals surface area contributed by atoms with Crippen molar-refractivity contribution in [3.05, 3.63) is 63.9 Å². The monoisotopic (exact) mass is 467 g/mol. The summed E-state index contributed by atoms with van der Waals surface area (Å²) in [6, 6.07) is 8.93. The Morgan fingerprint density at radius 1 is 1.26 bits per heavy atom. The van der Waals surface area contributed by atoms with E-state index in [4.69, 9.17) is 17.3 Å². The number of benzene rings is 2. The van der Waals surface area contributed by atoms with Gasteiger partial charge in [0.2, 0.25) is 0 Å². The summed E-state index contributed by atoms with van der Waals surface area (Å²) in [4.78, 5) is 14.8. The average Bonchev–Trinajstić information content (AvgIpc) is 2.73. The standard InChI is InChI=1S/C22H27ClFN3O3S/c1-2-31(29,30)21-8-7-18(23)10-17(21)12-26-22(28)15-5-6-16(20(24)11-15)13-27-9-3-4-19(25)14-27/h5-8,10-11,19H,2-4,9,12-14,25H2,1H3,(H,26,28)/t19-/m0/s1. The summed E-state index contributed by atoms with van der Waals surface area (Å²) in [6.07, 6.45) is 1.97. The largest absolute Gasteiger partial charge is 0.348 e. The molecule has 1 saturated heterocycles. The van der Waals surface area contributed by atoms with Crippen molar-refractivity contribution in [1.82, 2.24) is 10.2 Å². The molecule has 6 nitrogen and oxygen atoms in total. The zero-order chi connectivity index (χ0) is 22.6. The summed E-state index contributed by atoms with van der Waals surface area (Å²) in [6.45, 7) is 3.56. The van der Waals surface area contributed by atoms with Crippen LogP contribution in [0.15, 0.2) is 41.3 Å². The van der Waals surface area contributed by atoms with Gasteiger partial charge in [-0.2, -0.15) is 0 Å². The number of amides is 1. The summed E-state index contributed by atoms with van der Waals surface area (Å²) in [7, 11) is -3.47. The second-order valence-corrected chi connectivity index (χ2v) is 10.5. The van der Waals surface area contributed by atoms with E-state index in [0.29, 0.717) is 22.7 Å². The molecule has 31 heavy (non-hydrogen) atoms. The van der Waals surface area contributed by atoms with Crippen molar-refractivity contribution in [1.29, 1.82) is 0 Å². The van der Waals surface area contributed by atoms with Gasteiger partial charge in [0.1, 0.15) is 5.82 Å². The van der Waals surface area contributed by atoms with E-state index < -0.39 is 21.6 Å². The summed E-state index contributed by atoms with van der Waals surface area (Å²) in [5.74, 6) is -1.02. The normalized spacial score (nSPS) is 17.5. The first kappa shape index (κ1) is 23.7. The fraction of sp³-hybridized carbons (Fsp3) is 0.409. The van der Waals surface area contributed by atoms with E-state index in [0.717, 1.165) is 25.9 Å². The van der Waals surface area contributed by atoms with Crippen molar-refractivity contribution in [2.75, 3.05) is 18.8 Å². The second kappa shape index (κ2) is 10.1. The number of carbonyl (C=O) groups is 1. The number of nitrogens with zero attached hydrogens (tertiary/aromatic N) is 1. The first-order valence-corrected chi connectivity index (χ1v) is 12.3. The maximum atomic E-state index is 14.6. The molecule has 2 aromatic carbocycles. The Hall–Kier alpha value is -2.00. The lowest BCUT2D eigenvalue weighted by Crippen LogP contribution is -2.42. The average molecular weight is 468 g/mol. The molecule has 1 aliphatic heterocycles. The molecule has 1 aliphatic rings. The van der Waals surface area contributed by atoms with Crippen LogP contribution in [0.4, 0.5) is 4.39 Å². The Kier molecular flexibility index (Phi) is 7.69. The number of carbonyl (C=O) groups excluding carboxylic acids is 1. The van der Waals surface area contributed by atoms with Gasteiger partial charge in [-0.1, -0.05) is 24.6 Å². The van der Waals surface area contributed by atoms with Crippen LogP contribution in [0.1, 0.15) is 41.3 Å². The number of hydrogen-bond acceptors (Lipinski definition) is 5. The predicted molar refractivity (Wildman–Crippen MR) is 119 cm³/mol. The molecule has 0 unspecified atom stereocenters. The predicted octanol–water partition coefficient (Wildman–Crippen LogP) is 3.13. The van der Waals surface area contributed by atoms with Gasteiger partial charge in [0.15, 0.2) is 9.84 Å². The first-order chi connectivity index (χ1) is 14.7. The lowest BCUT2D eigenvalue weighted by atomic mass is 10.0. The SMILES string of the molecule is CCS(=O)(=O)c1ccc(Cl)cc1CNC(=O)c1ccc(CN2CCC[C@H](N)C2)c(F)c1. The number of halogens is 2. The van der Waals surface area contributed by atoms with E-state index in [9.17, 15) is 17.6 Å². The molecule has 1 amide bonds. The van der Waals surface area contributed by atoms with Crippen LogP contribution in [-0.2, 0) is 22.9 Å². The molecule has 1 atom stereocenters. The molecule has 2 aromatic rings. The van der Waals surface area contributed by atoms with Gasteiger partial charge in [-0.3, -0.25) is 9.69 Å². The minimum absolute atomic E-state index is 0.0387. The number of hydrogen-bond donors (Lipinski definition) is 2. The first-order valence-electron chi connectivity index (χ1n) is 10.3. The third kappa shape index (κ3) is 6.04. The van der Waals surface area contributed by atoms with Crippen LogP contribution in [0, 0.1) is 5.82 Å². The van der Waals surface area contributed by atoms with E-state index in [-0.39, 0.29) is 28.8 Å². The second-order valence-electron chi connectivity index (χ2n) is 7.78. The van der Waals surface area contributed by atoms with Gasteiger partial charge < -0.3 is 11.1 Å². The number of rotatable bonds is 7. The maximum Gasteiger partial charge on any atom is 0.251 e. The molecule has 0 radical (unpaired) electrons. The van der Waals surface area contributed by atoms with Crippen molar-refractivity contribution in [3.63, 3.8) is 0 Å². The Morgan fingerprint density at radius 2 is 2.03 bits per heavy atom. The van der Waals surface area contributed by atoms with E-state index >= 15 is 0 Å². The number of piperidine rings is 1. The van der Waals surface area contributed by atoms with Gasteiger partial charge in [-0.05, 0) is 55.3 Å². The Bertz CT molecular complexity index is 1060. The van der Waals surface area contributed by atoms with Gasteiger partial charge in [0.05, 0.1) is 10.6 Å². The van der Waals surface area contributed by atoms with Crippen LogP contribution in [-0.4, -0.2) is 44.1 Å². The van der Waals surface area contributed by atoms with E-state index in [1.807, 2.05) is 0 Å². The third-order valence-electron chi connectivity index (χ3n) is 5.43.